The highest BCUT2D eigenvalue weighted by molar-refractivity contribution is 5.65. The highest BCUT2D eigenvalue weighted by Crippen LogP contribution is 2.14. The number of methoxy groups -OCH3 is 1. The lowest BCUT2D eigenvalue weighted by Crippen LogP contribution is -2.40. The van der Waals surface area contributed by atoms with E-state index in [1.165, 1.54) is 44.1 Å². The van der Waals surface area contributed by atoms with E-state index in [1.54, 1.807) is 0 Å². The molecule has 84 valence electrons. The fraction of sp³-hybridized carbons (Fsp3) is 0.900. The van der Waals surface area contributed by atoms with Crippen molar-refractivity contribution >= 4 is 5.97 Å². The number of nitrogens with zero attached hydrogens (tertiary/aromatic N) is 1. The molecular weight excluding hydrogens is 182 g/mol. The van der Waals surface area contributed by atoms with Gasteiger partial charge in [0, 0.05) is 20.0 Å². The average molecular weight is 203 g/mol. The second-order valence-corrected chi connectivity index (χ2v) is 3.90. The normalized spacial score (nSPS) is 18.5. The Morgan fingerprint density at radius 2 is 1.93 bits per heavy atom. The summed E-state index contributed by atoms with van der Waals surface area (Å²) in [7, 11) is 3.66. The number of quaternary nitrogens is 1. The Labute approximate surface area is 86.1 Å². The maximum absolute atomic E-state index is 9.36. The van der Waals surface area contributed by atoms with Crippen molar-refractivity contribution in [3.63, 3.8) is 0 Å². The van der Waals surface area contributed by atoms with Gasteiger partial charge in [-0.15, -0.1) is 0 Å². The summed E-state index contributed by atoms with van der Waals surface area (Å²) in [5, 5.41) is 9.36. The predicted octanol–water partition coefficient (Wildman–Crippen LogP) is -0.371. The first-order valence-corrected chi connectivity index (χ1v) is 5.06. The molecule has 0 bridgehead atoms. The second-order valence-electron chi connectivity index (χ2n) is 3.90. The monoisotopic (exact) mass is 203 g/mol. The molecule has 1 fully saturated rings. The van der Waals surface area contributed by atoms with Crippen LogP contribution >= 0.6 is 0 Å². The molecule has 4 heteroatoms. The van der Waals surface area contributed by atoms with Crippen LogP contribution in [-0.2, 0) is 9.53 Å². The zero-order chi connectivity index (χ0) is 11.0. The molecule has 1 aliphatic rings. The lowest BCUT2D eigenvalue weighted by Gasteiger charge is -2.26. The van der Waals surface area contributed by atoms with Crippen LogP contribution in [0.15, 0.2) is 0 Å². The van der Waals surface area contributed by atoms with Gasteiger partial charge in [0.1, 0.15) is 0 Å². The lowest BCUT2D eigenvalue weighted by atomic mass is 10.4. The van der Waals surface area contributed by atoms with Crippen LogP contribution in [0.3, 0.4) is 0 Å². The number of carbonyl (C=O) groups is 1. The summed E-state index contributed by atoms with van der Waals surface area (Å²) in [6.07, 6.45) is 2.90. The van der Waals surface area contributed by atoms with E-state index >= 15 is 0 Å². The maximum Gasteiger partial charge on any atom is 0.0857 e. The third kappa shape index (κ3) is 5.94. The van der Waals surface area contributed by atoms with Gasteiger partial charge >= 0.3 is 0 Å². The molecule has 0 aliphatic carbocycles. The van der Waals surface area contributed by atoms with Gasteiger partial charge in [-0.3, -0.25) is 0 Å². The van der Waals surface area contributed by atoms with E-state index in [0.717, 1.165) is 0 Å². The molecule has 1 rings (SSSR count). The first-order valence-electron chi connectivity index (χ1n) is 5.06. The van der Waals surface area contributed by atoms with Gasteiger partial charge in [0.25, 0.3) is 0 Å². The lowest BCUT2D eigenvalue weighted by molar-refractivity contribution is -0.895. The molecule has 0 amide bonds. The molecular formula is C10H21NO3. The number of rotatable bonds is 3. The van der Waals surface area contributed by atoms with E-state index < -0.39 is 5.97 Å². The second kappa shape index (κ2) is 6.79. The van der Waals surface area contributed by atoms with Crippen LogP contribution in [0.5, 0.6) is 0 Å². The third-order valence-electron chi connectivity index (χ3n) is 2.67. The fourth-order valence-electron chi connectivity index (χ4n) is 1.53. The van der Waals surface area contributed by atoms with E-state index in [0.29, 0.717) is 0 Å². The maximum atomic E-state index is 9.36. The topological polar surface area (TPSA) is 49.4 Å². The van der Waals surface area contributed by atoms with E-state index in [2.05, 4.69) is 18.7 Å². The number of ether oxygens (including phenoxy) is 1. The molecule has 4 nitrogen and oxygen atoms in total. The molecule has 1 aliphatic heterocycles. The van der Waals surface area contributed by atoms with E-state index in [4.69, 9.17) is 0 Å². The molecule has 0 spiro atoms. The zero-order valence-corrected chi connectivity index (χ0v) is 9.41. The van der Waals surface area contributed by atoms with Gasteiger partial charge in [-0.1, -0.05) is 0 Å². The van der Waals surface area contributed by atoms with Gasteiger partial charge in [0.15, 0.2) is 0 Å². The number of carboxylic acid groups (broad SMARTS) is 1. The molecule has 0 N–H and O–H groups in total. The molecule has 0 aromatic heterocycles. The first-order chi connectivity index (χ1) is 6.54. The van der Waals surface area contributed by atoms with Gasteiger partial charge in [-0.25, -0.2) is 0 Å². The number of carboxylic acids is 1. The molecule has 0 unspecified atom stereocenters. The molecule has 0 aromatic carbocycles. The van der Waals surface area contributed by atoms with Gasteiger partial charge in [-0.2, -0.15) is 0 Å². The standard InChI is InChI=1S/C7H16N.C3H6O3/c1-3-8(2)6-4-5-7-8;1-6-2-3(4)5/h3-7H2,1-2H3;2H2,1H3,(H,4,5)/q+1;/p-1. The Bertz CT molecular complexity index is 165. The van der Waals surface area contributed by atoms with Crippen LogP contribution in [0.2, 0.25) is 0 Å². The van der Waals surface area contributed by atoms with Gasteiger partial charge in [0.05, 0.1) is 39.3 Å². The van der Waals surface area contributed by atoms with Gasteiger partial charge in [-0.05, 0) is 6.92 Å². The van der Waals surface area contributed by atoms with Crippen molar-refractivity contribution in [3.05, 3.63) is 0 Å². The third-order valence-corrected chi connectivity index (χ3v) is 2.67. The highest BCUT2D eigenvalue weighted by Gasteiger charge is 2.23. The van der Waals surface area contributed by atoms with E-state index in [1.807, 2.05) is 0 Å². The summed E-state index contributed by atoms with van der Waals surface area (Å²) in [6, 6.07) is 0. The summed E-state index contributed by atoms with van der Waals surface area (Å²) >= 11 is 0. The fourth-order valence-corrected chi connectivity index (χ4v) is 1.53. The van der Waals surface area contributed by atoms with E-state index in [-0.39, 0.29) is 6.61 Å². The van der Waals surface area contributed by atoms with Crippen LogP contribution in [-0.4, -0.2) is 50.9 Å². The van der Waals surface area contributed by atoms with Crippen LogP contribution in [0.4, 0.5) is 0 Å². The minimum absolute atomic E-state index is 0.319. The van der Waals surface area contributed by atoms with Crippen molar-refractivity contribution in [2.75, 3.05) is 40.4 Å². The Kier molecular flexibility index (Phi) is 6.49. The Hall–Kier alpha value is -0.610. The zero-order valence-electron chi connectivity index (χ0n) is 9.41. The number of hydrogen-bond acceptors (Lipinski definition) is 3. The Morgan fingerprint density at radius 3 is 2.07 bits per heavy atom. The molecule has 0 aromatic rings. The SMILES string of the molecule is CC[N+]1(C)CCCC1.COCC(=O)[O-]. The van der Waals surface area contributed by atoms with Gasteiger partial charge < -0.3 is 19.1 Å². The molecule has 14 heavy (non-hydrogen) atoms. The molecule has 1 heterocycles. The highest BCUT2D eigenvalue weighted by atomic mass is 16.5. The van der Waals surface area contributed by atoms with Gasteiger partial charge in [0.2, 0.25) is 0 Å². The summed E-state index contributed by atoms with van der Waals surface area (Å²) in [5.74, 6) is -1.18. The molecule has 0 atom stereocenters. The number of hydrogen-bond donors (Lipinski definition) is 0. The average Bonchev–Trinajstić information content (AvgIpc) is 2.54. The quantitative estimate of drug-likeness (QED) is 0.588. The van der Waals surface area contributed by atoms with Crippen molar-refractivity contribution in [1.29, 1.82) is 0 Å². The minimum Gasteiger partial charge on any atom is -0.548 e. The molecule has 0 saturated carbocycles. The number of carbonyl (C=O) groups excluding carboxylic acids is 1. The summed E-state index contributed by atoms with van der Waals surface area (Å²) in [5.41, 5.74) is 0. The van der Waals surface area contributed by atoms with Crippen molar-refractivity contribution in [1.82, 2.24) is 0 Å². The molecule has 1 saturated heterocycles. The Balaban J connectivity index is 0.000000255. The van der Waals surface area contributed by atoms with Crippen molar-refractivity contribution in [2.24, 2.45) is 0 Å². The van der Waals surface area contributed by atoms with Crippen molar-refractivity contribution < 1.29 is 19.1 Å². The predicted molar refractivity (Wildman–Crippen MR) is 52.6 cm³/mol. The van der Waals surface area contributed by atoms with Crippen molar-refractivity contribution in [3.8, 4) is 0 Å². The number of likely N-dealkylation sites (tertiary alicyclic amines) is 1. The number of aliphatic carboxylic acids is 1. The van der Waals surface area contributed by atoms with Crippen molar-refractivity contribution in [2.45, 2.75) is 19.8 Å². The Morgan fingerprint density at radius 1 is 1.43 bits per heavy atom. The summed E-state index contributed by atoms with van der Waals surface area (Å²) in [6.45, 7) is 6.11. The summed E-state index contributed by atoms with van der Waals surface area (Å²) in [4.78, 5) is 9.36. The molecule has 0 radical (unpaired) electrons. The van der Waals surface area contributed by atoms with Crippen LogP contribution in [0, 0.1) is 0 Å². The van der Waals surface area contributed by atoms with Crippen LogP contribution < -0.4 is 5.11 Å². The first kappa shape index (κ1) is 13.4. The largest absolute Gasteiger partial charge is 0.548 e. The van der Waals surface area contributed by atoms with Crippen LogP contribution in [0.25, 0.3) is 0 Å². The van der Waals surface area contributed by atoms with Crippen LogP contribution in [0.1, 0.15) is 19.8 Å². The minimum atomic E-state index is -1.18. The smallest absolute Gasteiger partial charge is 0.0857 e. The summed E-state index contributed by atoms with van der Waals surface area (Å²) < 4.78 is 5.46. The van der Waals surface area contributed by atoms with E-state index in [9.17, 15) is 9.90 Å².